The molecule has 1 fully saturated rings. The Morgan fingerprint density at radius 1 is 1.40 bits per heavy atom. The average Bonchev–Trinajstić information content (AvgIpc) is 2.48. The maximum Gasteiger partial charge on any atom is 0.340 e. The quantitative estimate of drug-likeness (QED) is 0.676. The van der Waals surface area contributed by atoms with Gasteiger partial charge in [0.2, 0.25) is 0 Å². The lowest BCUT2D eigenvalue weighted by molar-refractivity contribution is 0.0600. The number of esters is 1. The van der Waals surface area contributed by atoms with Crippen LogP contribution in [0.5, 0.6) is 5.75 Å². The highest BCUT2D eigenvalue weighted by Gasteiger charge is 2.22. The average molecular weight is 277 g/mol. The number of hydrogen-bond acceptors (Lipinski definition) is 4. The first-order valence-electron chi connectivity index (χ1n) is 7.28. The standard InChI is InChI=1S/C16H23NO3/c1-3-11-5-4-6-12(9-11)20-13-7-8-15(17)14(10-13)16(18)19-2/h7-8,10-12H,3-6,9,17H2,1-2H3. The van der Waals surface area contributed by atoms with Crippen LogP contribution in [-0.4, -0.2) is 19.2 Å². The van der Waals surface area contributed by atoms with Gasteiger partial charge < -0.3 is 15.2 Å². The third kappa shape index (κ3) is 3.44. The Morgan fingerprint density at radius 2 is 2.20 bits per heavy atom. The summed E-state index contributed by atoms with van der Waals surface area (Å²) in [6.07, 6.45) is 6.12. The molecule has 0 heterocycles. The number of carbonyl (C=O) groups is 1. The van der Waals surface area contributed by atoms with E-state index < -0.39 is 5.97 Å². The highest BCUT2D eigenvalue weighted by atomic mass is 16.5. The summed E-state index contributed by atoms with van der Waals surface area (Å²) in [5.41, 5.74) is 6.57. The maximum absolute atomic E-state index is 11.6. The third-order valence-electron chi connectivity index (χ3n) is 4.04. The molecule has 0 amide bonds. The lowest BCUT2D eigenvalue weighted by atomic mass is 9.85. The largest absolute Gasteiger partial charge is 0.490 e. The number of methoxy groups -OCH3 is 1. The molecule has 1 aliphatic rings. The number of hydrogen-bond donors (Lipinski definition) is 1. The zero-order valence-corrected chi connectivity index (χ0v) is 12.2. The van der Waals surface area contributed by atoms with Gasteiger partial charge in [-0.3, -0.25) is 0 Å². The lowest BCUT2D eigenvalue weighted by Crippen LogP contribution is -2.25. The van der Waals surface area contributed by atoms with Crippen LogP contribution in [0.1, 0.15) is 49.4 Å². The fraction of sp³-hybridized carbons (Fsp3) is 0.562. The van der Waals surface area contributed by atoms with E-state index in [1.807, 2.05) is 6.07 Å². The van der Waals surface area contributed by atoms with Gasteiger partial charge in [0.1, 0.15) is 5.75 Å². The minimum atomic E-state index is -0.428. The Kier molecular flexibility index (Phi) is 4.88. The SMILES string of the molecule is CCC1CCCC(Oc2ccc(N)c(C(=O)OC)c2)C1. The van der Waals surface area contributed by atoms with Crippen molar-refractivity contribution in [1.82, 2.24) is 0 Å². The van der Waals surface area contributed by atoms with Crippen molar-refractivity contribution in [2.45, 2.75) is 45.1 Å². The summed E-state index contributed by atoms with van der Waals surface area (Å²) in [5.74, 6) is 1.02. The van der Waals surface area contributed by atoms with Crippen LogP contribution < -0.4 is 10.5 Å². The fourth-order valence-electron chi connectivity index (χ4n) is 2.81. The molecule has 2 N–H and O–H groups in total. The minimum Gasteiger partial charge on any atom is -0.490 e. The Morgan fingerprint density at radius 3 is 2.90 bits per heavy atom. The van der Waals surface area contributed by atoms with E-state index in [1.165, 1.54) is 26.4 Å². The van der Waals surface area contributed by atoms with Crippen LogP contribution in [0, 0.1) is 5.92 Å². The highest BCUT2D eigenvalue weighted by Crippen LogP contribution is 2.30. The van der Waals surface area contributed by atoms with Crippen molar-refractivity contribution in [2.24, 2.45) is 5.92 Å². The molecule has 0 aromatic heterocycles. The molecule has 1 saturated carbocycles. The van der Waals surface area contributed by atoms with Gasteiger partial charge in [-0.1, -0.05) is 19.8 Å². The van der Waals surface area contributed by atoms with Crippen LogP contribution in [0.15, 0.2) is 18.2 Å². The molecule has 1 aromatic carbocycles. The molecule has 2 rings (SSSR count). The van der Waals surface area contributed by atoms with E-state index >= 15 is 0 Å². The van der Waals surface area contributed by atoms with Gasteiger partial charge in [-0.05, 0) is 43.4 Å². The topological polar surface area (TPSA) is 61.5 Å². The van der Waals surface area contributed by atoms with E-state index in [0.717, 1.165) is 18.8 Å². The Hall–Kier alpha value is -1.71. The maximum atomic E-state index is 11.6. The van der Waals surface area contributed by atoms with Gasteiger partial charge in [0.15, 0.2) is 0 Å². The molecule has 0 spiro atoms. The molecule has 0 aliphatic heterocycles. The second-order valence-electron chi connectivity index (χ2n) is 5.42. The van der Waals surface area contributed by atoms with Gasteiger partial charge in [-0.25, -0.2) is 4.79 Å². The zero-order valence-electron chi connectivity index (χ0n) is 12.2. The molecule has 4 nitrogen and oxygen atoms in total. The second kappa shape index (κ2) is 6.64. The van der Waals surface area contributed by atoms with Crippen LogP contribution >= 0.6 is 0 Å². The molecule has 0 radical (unpaired) electrons. The Bertz CT molecular complexity index is 473. The summed E-state index contributed by atoms with van der Waals surface area (Å²) in [6, 6.07) is 5.19. The fourth-order valence-corrected chi connectivity index (χ4v) is 2.81. The Balaban J connectivity index is 2.07. The minimum absolute atomic E-state index is 0.239. The van der Waals surface area contributed by atoms with Crippen molar-refractivity contribution >= 4 is 11.7 Å². The lowest BCUT2D eigenvalue weighted by Gasteiger charge is -2.29. The van der Waals surface area contributed by atoms with Crippen LogP contribution in [0.3, 0.4) is 0 Å². The smallest absolute Gasteiger partial charge is 0.340 e. The molecule has 1 aliphatic carbocycles. The van der Waals surface area contributed by atoms with E-state index in [9.17, 15) is 4.79 Å². The van der Waals surface area contributed by atoms with Crippen molar-refractivity contribution in [3.8, 4) is 5.75 Å². The molecular weight excluding hydrogens is 254 g/mol. The van der Waals surface area contributed by atoms with Crippen molar-refractivity contribution in [3.63, 3.8) is 0 Å². The molecule has 110 valence electrons. The third-order valence-corrected chi connectivity index (χ3v) is 4.04. The monoisotopic (exact) mass is 277 g/mol. The molecule has 2 unspecified atom stereocenters. The first kappa shape index (κ1) is 14.7. The molecule has 1 aromatic rings. The predicted octanol–water partition coefficient (Wildman–Crippen LogP) is 3.40. The first-order valence-corrected chi connectivity index (χ1v) is 7.28. The van der Waals surface area contributed by atoms with Crippen molar-refractivity contribution in [3.05, 3.63) is 23.8 Å². The molecule has 2 atom stereocenters. The number of nitrogens with two attached hydrogens (primary N) is 1. The van der Waals surface area contributed by atoms with Gasteiger partial charge in [-0.2, -0.15) is 0 Å². The number of carbonyl (C=O) groups excluding carboxylic acids is 1. The van der Waals surface area contributed by atoms with Gasteiger partial charge in [0.25, 0.3) is 0 Å². The number of benzene rings is 1. The summed E-state index contributed by atoms with van der Waals surface area (Å²) in [5, 5.41) is 0. The van der Waals surface area contributed by atoms with E-state index in [-0.39, 0.29) is 6.10 Å². The number of anilines is 1. The van der Waals surface area contributed by atoms with Crippen LogP contribution in [0.2, 0.25) is 0 Å². The predicted molar refractivity (Wildman–Crippen MR) is 78.9 cm³/mol. The van der Waals surface area contributed by atoms with E-state index in [4.69, 9.17) is 15.2 Å². The molecular formula is C16H23NO3. The molecule has 20 heavy (non-hydrogen) atoms. The summed E-state index contributed by atoms with van der Waals surface area (Å²) in [4.78, 5) is 11.6. The summed E-state index contributed by atoms with van der Waals surface area (Å²) in [7, 11) is 1.35. The molecule has 0 saturated heterocycles. The van der Waals surface area contributed by atoms with Gasteiger partial charge in [-0.15, -0.1) is 0 Å². The first-order chi connectivity index (χ1) is 9.63. The van der Waals surface area contributed by atoms with Gasteiger partial charge in [0.05, 0.1) is 18.8 Å². The van der Waals surface area contributed by atoms with Crippen LogP contribution in [0.4, 0.5) is 5.69 Å². The molecule has 0 bridgehead atoms. The Labute approximate surface area is 120 Å². The molecule has 4 heteroatoms. The van der Waals surface area contributed by atoms with E-state index in [2.05, 4.69) is 6.92 Å². The second-order valence-corrected chi connectivity index (χ2v) is 5.42. The highest BCUT2D eigenvalue weighted by molar-refractivity contribution is 5.95. The van der Waals surface area contributed by atoms with Crippen LogP contribution in [0.25, 0.3) is 0 Å². The van der Waals surface area contributed by atoms with Gasteiger partial charge >= 0.3 is 5.97 Å². The van der Waals surface area contributed by atoms with E-state index in [0.29, 0.717) is 17.0 Å². The van der Waals surface area contributed by atoms with Gasteiger partial charge in [0, 0.05) is 5.69 Å². The summed E-state index contributed by atoms with van der Waals surface area (Å²) < 4.78 is 10.7. The van der Waals surface area contributed by atoms with Crippen molar-refractivity contribution < 1.29 is 14.3 Å². The number of ether oxygens (including phenoxy) is 2. The van der Waals surface area contributed by atoms with Crippen molar-refractivity contribution in [2.75, 3.05) is 12.8 Å². The van der Waals surface area contributed by atoms with Crippen molar-refractivity contribution in [1.29, 1.82) is 0 Å². The van der Waals surface area contributed by atoms with E-state index in [1.54, 1.807) is 12.1 Å². The van der Waals surface area contributed by atoms with Crippen LogP contribution in [-0.2, 0) is 4.74 Å². The normalized spacial score (nSPS) is 22.3. The summed E-state index contributed by atoms with van der Waals surface area (Å²) in [6.45, 7) is 2.23. The summed E-state index contributed by atoms with van der Waals surface area (Å²) >= 11 is 0. The zero-order chi connectivity index (χ0) is 14.5. The number of nitrogen functional groups attached to an aromatic ring is 1. The number of rotatable bonds is 4.